The number of nitrogens with zero attached hydrogens (tertiary/aromatic N) is 2. The molecule has 2 atom stereocenters. The number of hydrogen-bond donors (Lipinski definition) is 2. The Morgan fingerprint density at radius 2 is 1.00 bits per heavy atom. The minimum atomic E-state index is -4.34. The Bertz CT molecular complexity index is 406. The van der Waals surface area contributed by atoms with Crippen molar-refractivity contribution in [3.05, 3.63) is 0 Å². The van der Waals surface area contributed by atoms with E-state index in [0.717, 1.165) is 0 Å². The van der Waals surface area contributed by atoms with E-state index in [1.807, 2.05) is 42.3 Å². The van der Waals surface area contributed by atoms with Gasteiger partial charge >= 0.3 is 15.6 Å². The van der Waals surface area contributed by atoms with Crippen molar-refractivity contribution in [2.24, 2.45) is 0 Å². The van der Waals surface area contributed by atoms with E-state index in [4.69, 9.17) is 9.05 Å². The van der Waals surface area contributed by atoms with E-state index >= 15 is 0 Å². The molecule has 23 heavy (non-hydrogen) atoms. The summed E-state index contributed by atoms with van der Waals surface area (Å²) in [6, 6.07) is 0. The summed E-state index contributed by atoms with van der Waals surface area (Å²) >= 11 is 0. The van der Waals surface area contributed by atoms with Crippen LogP contribution in [0.15, 0.2) is 0 Å². The molecule has 0 aromatic carbocycles. The zero-order chi connectivity index (χ0) is 18.4. The predicted molar refractivity (Wildman–Crippen MR) is 84.4 cm³/mol. The van der Waals surface area contributed by atoms with Gasteiger partial charge in [0, 0.05) is 0 Å². The normalized spacial score (nSPS) is 18.4. The van der Waals surface area contributed by atoms with Crippen molar-refractivity contribution in [1.29, 1.82) is 0 Å². The van der Waals surface area contributed by atoms with E-state index in [1.165, 1.54) is 0 Å². The Labute approximate surface area is 137 Å². The lowest BCUT2D eigenvalue weighted by molar-refractivity contribution is -0.870. The standard InChI is InChI=1S/C11H28N2O8P2/c1-12(2,3)7-9-18-22(14,15)20-11-21-23(16,17)19-10-8-13(4,5)6/h7-11H2,1-6H3/p+2. The topological polar surface area (TPSA) is 112 Å². The molecular formula is C11H30N2O8P2+2. The van der Waals surface area contributed by atoms with Gasteiger partial charge in [-0.3, -0.25) is 18.1 Å². The van der Waals surface area contributed by atoms with Crippen LogP contribution in [0.4, 0.5) is 0 Å². The molecule has 0 bridgehead atoms. The summed E-state index contributed by atoms with van der Waals surface area (Å²) in [6.07, 6.45) is 0. The van der Waals surface area contributed by atoms with Gasteiger partial charge in [-0.15, -0.1) is 0 Å². The Hall–Kier alpha value is 0.140. The minimum absolute atomic E-state index is 0.00589. The Balaban J connectivity index is 4.06. The lowest BCUT2D eigenvalue weighted by Gasteiger charge is -2.24. The quantitative estimate of drug-likeness (QED) is 0.288. The van der Waals surface area contributed by atoms with Crippen molar-refractivity contribution in [1.82, 2.24) is 0 Å². The van der Waals surface area contributed by atoms with Crippen LogP contribution in [-0.2, 0) is 27.2 Å². The highest BCUT2D eigenvalue weighted by Crippen LogP contribution is 2.47. The second kappa shape index (κ2) is 9.01. The highest BCUT2D eigenvalue weighted by molar-refractivity contribution is 7.48. The fraction of sp³-hybridized carbons (Fsp3) is 1.00. The number of quaternary nitrogens is 2. The first-order chi connectivity index (χ1) is 10.1. The first-order valence-corrected chi connectivity index (χ1v) is 9.96. The molecule has 0 spiro atoms. The number of phosphoric acid groups is 2. The Kier molecular flexibility index (Phi) is 9.06. The summed E-state index contributed by atoms with van der Waals surface area (Å²) in [5.41, 5.74) is 0. The molecule has 0 saturated carbocycles. The predicted octanol–water partition coefficient (Wildman–Crippen LogP) is 0.624. The first-order valence-electron chi connectivity index (χ1n) is 6.97. The van der Waals surface area contributed by atoms with E-state index < -0.39 is 22.4 Å². The molecule has 140 valence electrons. The second-order valence-corrected chi connectivity index (χ2v) is 9.91. The molecule has 0 fully saturated rings. The van der Waals surface area contributed by atoms with Gasteiger partial charge in [0.05, 0.1) is 42.3 Å². The van der Waals surface area contributed by atoms with Gasteiger partial charge in [-0.05, 0) is 0 Å². The number of phosphoric ester groups is 2. The van der Waals surface area contributed by atoms with Gasteiger partial charge in [0.15, 0.2) is 6.79 Å². The lowest BCUT2D eigenvalue weighted by atomic mass is 10.5. The number of hydrogen-bond acceptors (Lipinski definition) is 6. The third-order valence-electron chi connectivity index (χ3n) is 2.46. The molecule has 0 amide bonds. The van der Waals surface area contributed by atoms with E-state index in [2.05, 4.69) is 9.05 Å². The average molecular weight is 380 g/mol. The summed E-state index contributed by atoms with van der Waals surface area (Å²) in [5, 5.41) is 0. The van der Waals surface area contributed by atoms with Crippen LogP contribution < -0.4 is 0 Å². The summed E-state index contributed by atoms with van der Waals surface area (Å²) < 4.78 is 42.6. The molecule has 10 nitrogen and oxygen atoms in total. The van der Waals surface area contributed by atoms with Crippen LogP contribution >= 0.6 is 15.6 Å². The third kappa shape index (κ3) is 15.4. The molecule has 0 aromatic rings. The van der Waals surface area contributed by atoms with Crippen molar-refractivity contribution in [3.63, 3.8) is 0 Å². The molecule has 0 saturated heterocycles. The molecule has 0 aliphatic rings. The summed E-state index contributed by atoms with van der Waals surface area (Å²) in [4.78, 5) is 18.8. The van der Waals surface area contributed by atoms with Gasteiger partial charge in [0.2, 0.25) is 0 Å². The van der Waals surface area contributed by atoms with E-state index in [0.29, 0.717) is 22.1 Å². The maximum Gasteiger partial charge on any atom is 0.474 e. The maximum absolute atomic E-state index is 11.5. The average Bonchev–Trinajstić information content (AvgIpc) is 2.23. The molecule has 0 aromatic heterocycles. The molecule has 12 heteroatoms. The largest absolute Gasteiger partial charge is 0.474 e. The van der Waals surface area contributed by atoms with Crippen molar-refractivity contribution in [2.45, 2.75) is 0 Å². The highest BCUT2D eigenvalue weighted by Gasteiger charge is 2.27. The number of likely N-dealkylation sites (N-methyl/N-ethyl adjacent to an activating group) is 2. The van der Waals surface area contributed by atoms with Crippen molar-refractivity contribution < 1.29 is 46.0 Å². The molecule has 0 aliphatic carbocycles. The van der Waals surface area contributed by atoms with Crippen molar-refractivity contribution >= 4 is 15.6 Å². The van der Waals surface area contributed by atoms with Gasteiger partial charge in [0.25, 0.3) is 0 Å². The van der Waals surface area contributed by atoms with Gasteiger partial charge in [0.1, 0.15) is 26.3 Å². The monoisotopic (exact) mass is 380 g/mol. The van der Waals surface area contributed by atoms with Gasteiger partial charge in [-0.1, -0.05) is 0 Å². The van der Waals surface area contributed by atoms with Crippen molar-refractivity contribution in [2.75, 3.05) is 75.4 Å². The minimum Gasteiger partial charge on any atom is -0.329 e. The van der Waals surface area contributed by atoms with Gasteiger partial charge < -0.3 is 18.8 Å². The van der Waals surface area contributed by atoms with Crippen LogP contribution in [0, 0.1) is 0 Å². The summed E-state index contributed by atoms with van der Waals surface area (Å²) in [5.74, 6) is 0. The van der Waals surface area contributed by atoms with Gasteiger partial charge in [-0.2, -0.15) is 0 Å². The first kappa shape index (κ1) is 23.1. The molecule has 0 aliphatic heterocycles. The smallest absolute Gasteiger partial charge is 0.329 e. The Morgan fingerprint density at radius 1 is 0.696 bits per heavy atom. The maximum atomic E-state index is 11.5. The van der Waals surface area contributed by atoms with Crippen LogP contribution in [0.1, 0.15) is 0 Å². The molecule has 0 radical (unpaired) electrons. The lowest BCUT2D eigenvalue weighted by Crippen LogP contribution is -2.37. The van der Waals surface area contributed by atoms with Gasteiger partial charge in [-0.25, -0.2) is 9.13 Å². The second-order valence-electron chi connectivity index (χ2n) is 7.01. The highest BCUT2D eigenvalue weighted by atomic mass is 31.2. The number of rotatable bonds is 12. The van der Waals surface area contributed by atoms with Crippen LogP contribution in [0.5, 0.6) is 0 Å². The van der Waals surface area contributed by atoms with E-state index in [1.54, 1.807) is 0 Å². The summed E-state index contributed by atoms with van der Waals surface area (Å²) in [6.45, 7) is 0.0707. The van der Waals surface area contributed by atoms with Crippen LogP contribution in [0.3, 0.4) is 0 Å². The molecule has 2 unspecified atom stereocenters. The fourth-order valence-electron chi connectivity index (χ4n) is 1.09. The summed E-state index contributed by atoms with van der Waals surface area (Å²) in [7, 11) is 2.68. The van der Waals surface area contributed by atoms with Crippen LogP contribution in [-0.4, -0.2) is 94.1 Å². The van der Waals surface area contributed by atoms with Crippen LogP contribution in [0.2, 0.25) is 0 Å². The fourth-order valence-corrected chi connectivity index (χ4v) is 2.32. The van der Waals surface area contributed by atoms with E-state index in [9.17, 15) is 18.9 Å². The molecule has 0 heterocycles. The van der Waals surface area contributed by atoms with E-state index in [-0.39, 0.29) is 13.2 Å². The Morgan fingerprint density at radius 3 is 1.26 bits per heavy atom. The zero-order valence-corrected chi connectivity index (χ0v) is 16.5. The zero-order valence-electron chi connectivity index (χ0n) is 14.7. The molecular weight excluding hydrogens is 350 g/mol. The van der Waals surface area contributed by atoms with Crippen molar-refractivity contribution in [3.8, 4) is 0 Å². The third-order valence-corrected chi connectivity index (χ3v) is 4.35. The molecule has 0 rings (SSSR count). The molecule has 2 N–H and O–H groups in total. The SMILES string of the molecule is C[N+](C)(C)CCOP(=O)(O)OCOP(=O)(O)OCC[N+](C)(C)C. The van der Waals surface area contributed by atoms with Crippen LogP contribution in [0.25, 0.3) is 0 Å².